The zero-order valence-electron chi connectivity index (χ0n) is 6.53. The Hall–Kier alpha value is -0.810. The lowest BCUT2D eigenvalue weighted by atomic mass is 10.3. The number of nitrogens with one attached hydrogen (secondary N) is 1. The highest BCUT2D eigenvalue weighted by molar-refractivity contribution is 7.80. The second-order valence-electron chi connectivity index (χ2n) is 2.17. The predicted molar refractivity (Wildman–Crippen MR) is 52.7 cm³/mol. The van der Waals surface area contributed by atoms with Crippen LogP contribution in [0.5, 0.6) is 0 Å². The number of rotatable bonds is 2. The van der Waals surface area contributed by atoms with Crippen molar-refractivity contribution in [3.63, 3.8) is 0 Å². The molecule has 0 amide bonds. The predicted octanol–water partition coefficient (Wildman–Crippen LogP) is 1.66. The minimum absolute atomic E-state index is 0.521. The fourth-order valence-electron chi connectivity index (χ4n) is 0.692. The maximum Gasteiger partial charge on any atom is 0.165 e. The minimum atomic E-state index is 0.521. The van der Waals surface area contributed by atoms with Crippen LogP contribution in [0, 0.1) is 4.64 Å². The molecule has 1 aromatic heterocycles. The summed E-state index contributed by atoms with van der Waals surface area (Å²) in [5, 5.41) is 7.17. The van der Waals surface area contributed by atoms with Gasteiger partial charge >= 0.3 is 0 Å². The molecule has 1 N–H and O–H groups in total. The van der Waals surface area contributed by atoms with Crippen molar-refractivity contribution >= 4 is 29.5 Å². The Balaban J connectivity index is 2.71. The van der Waals surface area contributed by atoms with Gasteiger partial charge in [-0.15, -0.1) is 0 Å². The number of hydrogen-bond acceptors (Lipinski definition) is 4. The molecule has 0 spiro atoms. The summed E-state index contributed by atoms with van der Waals surface area (Å²) >= 11 is 9.70. The molecule has 0 saturated heterocycles. The molecule has 0 fully saturated rings. The molecule has 0 aromatic carbocycles. The van der Waals surface area contributed by atoms with Gasteiger partial charge in [0.05, 0.1) is 19.2 Å². The number of aromatic nitrogens is 2. The van der Waals surface area contributed by atoms with Crippen LogP contribution >= 0.6 is 24.4 Å². The lowest BCUT2D eigenvalue weighted by molar-refractivity contribution is 0.405. The van der Waals surface area contributed by atoms with Crippen molar-refractivity contribution < 1.29 is 4.74 Å². The lowest BCUT2D eigenvalue weighted by Crippen LogP contribution is -2.04. The number of aromatic amines is 1. The van der Waals surface area contributed by atoms with Crippen molar-refractivity contribution in [3.8, 4) is 0 Å². The number of H-pyrrole nitrogens is 1. The van der Waals surface area contributed by atoms with E-state index in [2.05, 4.69) is 10.2 Å². The Kier molecular flexibility index (Phi) is 3.31. The van der Waals surface area contributed by atoms with Gasteiger partial charge in [-0.1, -0.05) is 12.2 Å². The molecular formula is C7H8N2OS2. The standard InChI is InChI=1S/C7H8N2OS2/c1-10-7(12)4-5-2-3-6(11)9-8-5/h2-3H,4H2,1H3,(H,9,11). The van der Waals surface area contributed by atoms with E-state index in [4.69, 9.17) is 29.2 Å². The molecule has 12 heavy (non-hydrogen) atoms. The Morgan fingerprint density at radius 3 is 2.92 bits per heavy atom. The van der Waals surface area contributed by atoms with Crippen LogP contribution in [0.15, 0.2) is 12.1 Å². The van der Waals surface area contributed by atoms with E-state index in [0.717, 1.165) is 5.69 Å². The smallest absolute Gasteiger partial charge is 0.165 e. The molecule has 1 aromatic rings. The monoisotopic (exact) mass is 200 g/mol. The number of hydrogen-bond donors (Lipinski definition) is 1. The topological polar surface area (TPSA) is 37.9 Å². The van der Waals surface area contributed by atoms with E-state index in [-0.39, 0.29) is 0 Å². The zero-order chi connectivity index (χ0) is 8.97. The molecule has 1 rings (SSSR count). The van der Waals surface area contributed by atoms with E-state index in [1.165, 1.54) is 0 Å². The molecule has 0 saturated carbocycles. The third kappa shape index (κ3) is 2.67. The van der Waals surface area contributed by atoms with E-state index in [1.807, 2.05) is 6.07 Å². The van der Waals surface area contributed by atoms with Crippen molar-refractivity contribution in [2.75, 3.05) is 7.11 Å². The second kappa shape index (κ2) is 4.27. The highest BCUT2D eigenvalue weighted by Crippen LogP contribution is 1.96. The average molecular weight is 200 g/mol. The first-order valence-electron chi connectivity index (χ1n) is 3.34. The fourth-order valence-corrected chi connectivity index (χ4v) is 0.953. The zero-order valence-corrected chi connectivity index (χ0v) is 8.17. The summed E-state index contributed by atoms with van der Waals surface area (Å²) in [6.45, 7) is 0. The van der Waals surface area contributed by atoms with E-state index in [1.54, 1.807) is 13.2 Å². The first-order valence-corrected chi connectivity index (χ1v) is 4.15. The summed E-state index contributed by atoms with van der Waals surface area (Å²) in [5.41, 5.74) is 0.829. The number of nitrogens with zero attached hydrogens (tertiary/aromatic N) is 1. The first kappa shape index (κ1) is 9.28. The van der Waals surface area contributed by atoms with Crippen LogP contribution in [-0.2, 0) is 11.2 Å². The fraction of sp³-hybridized carbons (Fsp3) is 0.286. The van der Waals surface area contributed by atoms with E-state index in [0.29, 0.717) is 16.1 Å². The van der Waals surface area contributed by atoms with Crippen molar-refractivity contribution in [2.24, 2.45) is 0 Å². The van der Waals surface area contributed by atoms with Crippen LogP contribution in [0.3, 0.4) is 0 Å². The van der Waals surface area contributed by atoms with Gasteiger partial charge in [0.1, 0.15) is 4.64 Å². The maximum absolute atomic E-state index is 4.87. The molecule has 0 radical (unpaired) electrons. The van der Waals surface area contributed by atoms with Crippen LogP contribution in [-0.4, -0.2) is 22.4 Å². The van der Waals surface area contributed by atoms with E-state index in [9.17, 15) is 0 Å². The van der Waals surface area contributed by atoms with Crippen LogP contribution in [0.25, 0.3) is 0 Å². The molecular weight excluding hydrogens is 192 g/mol. The molecule has 1 heterocycles. The van der Waals surface area contributed by atoms with Gasteiger partial charge in [0.15, 0.2) is 5.05 Å². The van der Waals surface area contributed by atoms with E-state index < -0.39 is 0 Å². The van der Waals surface area contributed by atoms with Crippen molar-refractivity contribution in [1.82, 2.24) is 10.2 Å². The first-order chi connectivity index (χ1) is 5.72. The number of ether oxygens (including phenoxy) is 1. The highest BCUT2D eigenvalue weighted by Gasteiger charge is 1.98. The average Bonchev–Trinajstić information content (AvgIpc) is 2.09. The molecule has 0 unspecified atom stereocenters. The normalized spacial score (nSPS) is 9.42. The molecule has 0 aliphatic carbocycles. The Morgan fingerprint density at radius 1 is 1.67 bits per heavy atom. The molecule has 0 aliphatic heterocycles. The van der Waals surface area contributed by atoms with Gasteiger partial charge in [0, 0.05) is 0 Å². The quantitative estimate of drug-likeness (QED) is 0.737. The number of methoxy groups -OCH3 is 1. The van der Waals surface area contributed by atoms with Gasteiger partial charge in [0.2, 0.25) is 0 Å². The van der Waals surface area contributed by atoms with Crippen LogP contribution in [0.2, 0.25) is 0 Å². The van der Waals surface area contributed by atoms with Gasteiger partial charge < -0.3 is 4.74 Å². The van der Waals surface area contributed by atoms with Crippen LogP contribution < -0.4 is 0 Å². The number of thiocarbonyl (C=S) groups is 1. The largest absolute Gasteiger partial charge is 0.490 e. The Morgan fingerprint density at radius 2 is 2.42 bits per heavy atom. The third-order valence-corrected chi connectivity index (χ3v) is 1.83. The molecule has 3 nitrogen and oxygen atoms in total. The van der Waals surface area contributed by atoms with E-state index >= 15 is 0 Å². The van der Waals surface area contributed by atoms with Crippen LogP contribution in [0.4, 0.5) is 0 Å². The second-order valence-corrected chi connectivity index (χ2v) is 3.06. The molecule has 0 atom stereocenters. The summed E-state index contributed by atoms with van der Waals surface area (Å²) in [5.74, 6) is 0. The molecule has 5 heteroatoms. The summed E-state index contributed by atoms with van der Waals surface area (Å²) in [7, 11) is 1.55. The molecule has 64 valence electrons. The molecule has 0 aliphatic rings. The van der Waals surface area contributed by atoms with Gasteiger partial charge in [0.25, 0.3) is 0 Å². The summed E-state index contributed by atoms with van der Waals surface area (Å²) < 4.78 is 5.45. The summed E-state index contributed by atoms with van der Waals surface area (Å²) in [6, 6.07) is 3.60. The van der Waals surface area contributed by atoms with Gasteiger partial charge in [-0.05, 0) is 24.4 Å². The Labute approximate surface area is 80.8 Å². The highest BCUT2D eigenvalue weighted by atomic mass is 32.1. The summed E-state index contributed by atoms with van der Waals surface area (Å²) in [4.78, 5) is 0. The molecule has 0 bridgehead atoms. The van der Waals surface area contributed by atoms with Crippen molar-refractivity contribution in [3.05, 3.63) is 22.5 Å². The SMILES string of the molecule is COC(=S)Cc1ccc(=S)[nH]n1. The van der Waals surface area contributed by atoms with Crippen molar-refractivity contribution in [1.29, 1.82) is 0 Å². The van der Waals surface area contributed by atoms with Gasteiger partial charge in [-0.25, -0.2) is 0 Å². The third-order valence-electron chi connectivity index (χ3n) is 1.29. The van der Waals surface area contributed by atoms with Crippen LogP contribution in [0.1, 0.15) is 5.69 Å². The van der Waals surface area contributed by atoms with Gasteiger partial charge in [-0.3, -0.25) is 5.10 Å². The Bertz CT molecular complexity index is 314. The lowest BCUT2D eigenvalue weighted by Gasteiger charge is -1.99. The van der Waals surface area contributed by atoms with Gasteiger partial charge in [-0.2, -0.15) is 5.10 Å². The maximum atomic E-state index is 4.87. The van der Waals surface area contributed by atoms with Crippen molar-refractivity contribution in [2.45, 2.75) is 6.42 Å². The minimum Gasteiger partial charge on any atom is -0.490 e. The summed E-state index contributed by atoms with van der Waals surface area (Å²) in [6.07, 6.45) is 0.540.